The molecule has 0 aromatic heterocycles. The van der Waals surface area contributed by atoms with Crippen LogP contribution < -0.4 is 5.32 Å². The van der Waals surface area contributed by atoms with Crippen molar-refractivity contribution >= 4 is 12.0 Å². The number of carbonyl (C=O) groups is 2. The van der Waals surface area contributed by atoms with Crippen LogP contribution in [0.2, 0.25) is 0 Å². The molecule has 1 heterocycles. The molecule has 1 aromatic rings. The number of alkyl halides is 2. The Bertz CT molecular complexity index is 586. The number of urea groups is 1. The number of hydrogen-bond donors (Lipinski definition) is 2. The molecule has 0 radical (unpaired) electrons. The standard InChI is InChI=1S/C18H24F2N2O4/c19-16(20)11-15-12-26-9-8-22(15)18(25)21-14(6-7-17(23)24)10-13-4-2-1-3-5-13/h1-5,14-16H,6-12H2,(H,21,25)(H,23,24). The maximum absolute atomic E-state index is 12.7. The van der Waals surface area contributed by atoms with Crippen LogP contribution in [0.5, 0.6) is 0 Å². The number of carboxylic acids is 1. The number of carboxylic acid groups (broad SMARTS) is 1. The summed E-state index contributed by atoms with van der Waals surface area (Å²) in [6.45, 7) is 0.613. The van der Waals surface area contributed by atoms with Crippen LogP contribution in [0.25, 0.3) is 0 Å². The molecule has 0 spiro atoms. The van der Waals surface area contributed by atoms with Crippen LogP contribution in [0.4, 0.5) is 13.6 Å². The van der Waals surface area contributed by atoms with E-state index in [1.54, 1.807) is 0 Å². The van der Waals surface area contributed by atoms with Gasteiger partial charge in [0.25, 0.3) is 0 Å². The summed E-state index contributed by atoms with van der Waals surface area (Å²) in [5.41, 5.74) is 0.967. The SMILES string of the molecule is O=C(O)CCC(Cc1ccccc1)NC(=O)N1CCOCC1CC(F)F. The zero-order chi connectivity index (χ0) is 18.9. The van der Waals surface area contributed by atoms with Gasteiger partial charge in [0, 0.05) is 25.4 Å². The van der Waals surface area contributed by atoms with Crippen molar-refractivity contribution in [2.75, 3.05) is 19.8 Å². The maximum Gasteiger partial charge on any atom is 0.318 e. The number of amides is 2. The van der Waals surface area contributed by atoms with Crippen molar-refractivity contribution in [3.63, 3.8) is 0 Å². The third-order valence-electron chi connectivity index (χ3n) is 4.30. The number of carbonyl (C=O) groups excluding carboxylic acids is 1. The molecular formula is C18H24F2N2O4. The van der Waals surface area contributed by atoms with Crippen LogP contribution in [0.3, 0.4) is 0 Å². The zero-order valence-corrected chi connectivity index (χ0v) is 14.4. The van der Waals surface area contributed by atoms with E-state index in [-0.39, 0.29) is 26.0 Å². The molecule has 1 fully saturated rings. The second kappa shape index (κ2) is 10.1. The van der Waals surface area contributed by atoms with Gasteiger partial charge in [0.1, 0.15) is 0 Å². The van der Waals surface area contributed by atoms with Crippen molar-refractivity contribution in [1.82, 2.24) is 10.2 Å². The molecule has 8 heteroatoms. The van der Waals surface area contributed by atoms with Gasteiger partial charge in [-0.05, 0) is 18.4 Å². The van der Waals surface area contributed by atoms with E-state index in [1.165, 1.54) is 4.90 Å². The molecule has 26 heavy (non-hydrogen) atoms. The molecule has 0 bridgehead atoms. The Kier molecular flexibility index (Phi) is 7.77. The highest BCUT2D eigenvalue weighted by Crippen LogP contribution is 2.16. The highest BCUT2D eigenvalue weighted by molar-refractivity contribution is 5.75. The molecule has 2 unspecified atom stereocenters. The lowest BCUT2D eigenvalue weighted by molar-refractivity contribution is -0.137. The fraction of sp³-hybridized carbons (Fsp3) is 0.556. The molecule has 2 N–H and O–H groups in total. The highest BCUT2D eigenvalue weighted by atomic mass is 19.3. The third-order valence-corrected chi connectivity index (χ3v) is 4.30. The number of nitrogens with zero attached hydrogens (tertiary/aromatic N) is 1. The molecule has 1 saturated heterocycles. The van der Waals surface area contributed by atoms with Gasteiger partial charge >= 0.3 is 12.0 Å². The lowest BCUT2D eigenvalue weighted by Gasteiger charge is -2.36. The Hall–Kier alpha value is -2.22. The molecule has 2 atom stereocenters. The van der Waals surface area contributed by atoms with Crippen molar-refractivity contribution < 1.29 is 28.2 Å². The normalized spacial score (nSPS) is 18.6. The first kappa shape index (κ1) is 20.1. The smallest absolute Gasteiger partial charge is 0.318 e. The minimum Gasteiger partial charge on any atom is -0.481 e. The number of hydrogen-bond acceptors (Lipinski definition) is 3. The number of nitrogens with one attached hydrogen (secondary N) is 1. The number of aliphatic carboxylic acids is 1. The second-order valence-electron chi connectivity index (χ2n) is 6.32. The largest absolute Gasteiger partial charge is 0.481 e. The minimum absolute atomic E-state index is 0.0796. The van der Waals surface area contributed by atoms with Gasteiger partial charge in [0.2, 0.25) is 6.43 Å². The van der Waals surface area contributed by atoms with E-state index >= 15 is 0 Å². The number of morpholine rings is 1. The van der Waals surface area contributed by atoms with Crippen molar-refractivity contribution in [2.45, 2.75) is 44.2 Å². The van der Waals surface area contributed by atoms with E-state index in [1.807, 2.05) is 30.3 Å². The lowest BCUT2D eigenvalue weighted by Crippen LogP contribution is -2.55. The Morgan fingerprint density at radius 2 is 2.04 bits per heavy atom. The molecule has 1 aliphatic rings. The van der Waals surface area contributed by atoms with Crippen molar-refractivity contribution in [2.24, 2.45) is 0 Å². The Labute approximate surface area is 151 Å². The van der Waals surface area contributed by atoms with Crippen LogP contribution in [0, 0.1) is 0 Å². The van der Waals surface area contributed by atoms with Crippen LogP contribution >= 0.6 is 0 Å². The summed E-state index contributed by atoms with van der Waals surface area (Å²) in [7, 11) is 0. The fourth-order valence-electron chi connectivity index (χ4n) is 3.00. The lowest BCUT2D eigenvalue weighted by atomic mass is 10.0. The summed E-state index contributed by atoms with van der Waals surface area (Å²) in [6, 6.07) is 7.87. The fourth-order valence-corrected chi connectivity index (χ4v) is 3.00. The first-order valence-electron chi connectivity index (χ1n) is 8.64. The first-order chi connectivity index (χ1) is 12.5. The van der Waals surface area contributed by atoms with Crippen molar-refractivity contribution in [1.29, 1.82) is 0 Å². The van der Waals surface area contributed by atoms with E-state index in [4.69, 9.17) is 9.84 Å². The van der Waals surface area contributed by atoms with Gasteiger partial charge in [-0.3, -0.25) is 4.79 Å². The van der Waals surface area contributed by atoms with Gasteiger partial charge in [-0.2, -0.15) is 0 Å². The maximum atomic E-state index is 12.7. The van der Waals surface area contributed by atoms with Crippen LogP contribution in [-0.2, 0) is 16.0 Å². The summed E-state index contributed by atoms with van der Waals surface area (Å²) in [6.07, 6.45) is -2.30. The number of ether oxygens (including phenoxy) is 1. The molecule has 144 valence electrons. The number of rotatable bonds is 8. The van der Waals surface area contributed by atoms with Crippen molar-refractivity contribution in [3.8, 4) is 0 Å². The molecule has 1 aliphatic heterocycles. The summed E-state index contributed by atoms with van der Waals surface area (Å²) in [4.78, 5) is 24.9. The second-order valence-corrected chi connectivity index (χ2v) is 6.32. The van der Waals surface area contributed by atoms with E-state index in [0.29, 0.717) is 13.0 Å². The van der Waals surface area contributed by atoms with Gasteiger partial charge in [-0.1, -0.05) is 30.3 Å². The van der Waals surface area contributed by atoms with E-state index < -0.39 is 36.9 Å². The Morgan fingerprint density at radius 3 is 2.69 bits per heavy atom. The monoisotopic (exact) mass is 370 g/mol. The Balaban J connectivity index is 2.02. The van der Waals surface area contributed by atoms with E-state index in [2.05, 4.69) is 5.32 Å². The number of halogens is 2. The first-order valence-corrected chi connectivity index (χ1v) is 8.64. The van der Waals surface area contributed by atoms with Gasteiger partial charge in [-0.25, -0.2) is 13.6 Å². The predicted molar refractivity (Wildman–Crippen MR) is 91.3 cm³/mol. The Morgan fingerprint density at radius 1 is 1.31 bits per heavy atom. The zero-order valence-electron chi connectivity index (χ0n) is 14.4. The summed E-state index contributed by atoms with van der Waals surface area (Å²) in [5, 5.41) is 11.7. The average molecular weight is 370 g/mol. The molecule has 2 amide bonds. The topological polar surface area (TPSA) is 78.9 Å². The molecule has 0 saturated carbocycles. The van der Waals surface area contributed by atoms with Crippen LogP contribution in [-0.4, -0.2) is 60.3 Å². The van der Waals surface area contributed by atoms with Gasteiger partial charge < -0.3 is 20.1 Å². The predicted octanol–water partition coefficient (Wildman–Crippen LogP) is 2.53. The minimum atomic E-state index is -2.52. The quantitative estimate of drug-likeness (QED) is 0.737. The van der Waals surface area contributed by atoms with Crippen LogP contribution in [0.15, 0.2) is 30.3 Å². The summed E-state index contributed by atoms with van der Waals surface area (Å²) < 4.78 is 30.7. The van der Waals surface area contributed by atoms with E-state index in [0.717, 1.165) is 5.56 Å². The highest BCUT2D eigenvalue weighted by Gasteiger charge is 2.30. The third kappa shape index (κ3) is 6.59. The molecular weight excluding hydrogens is 346 g/mol. The molecule has 2 rings (SSSR count). The summed E-state index contributed by atoms with van der Waals surface area (Å²) in [5.74, 6) is -0.945. The van der Waals surface area contributed by atoms with Crippen LogP contribution in [0.1, 0.15) is 24.8 Å². The molecule has 0 aliphatic carbocycles. The van der Waals surface area contributed by atoms with Crippen molar-refractivity contribution in [3.05, 3.63) is 35.9 Å². The molecule has 1 aromatic carbocycles. The van der Waals surface area contributed by atoms with Gasteiger partial charge in [0.15, 0.2) is 0 Å². The van der Waals surface area contributed by atoms with E-state index in [9.17, 15) is 18.4 Å². The average Bonchev–Trinajstić information content (AvgIpc) is 2.60. The molecule has 6 nitrogen and oxygen atoms in total. The van der Waals surface area contributed by atoms with Gasteiger partial charge in [0.05, 0.1) is 19.3 Å². The number of benzene rings is 1. The van der Waals surface area contributed by atoms with Gasteiger partial charge in [-0.15, -0.1) is 0 Å². The summed E-state index contributed by atoms with van der Waals surface area (Å²) >= 11 is 0.